The van der Waals surface area contributed by atoms with Crippen LogP contribution in [0.2, 0.25) is 0 Å². The van der Waals surface area contributed by atoms with Crippen molar-refractivity contribution in [3.63, 3.8) is 0 Å². The van der Waals surface area contributed by atoms with E-state index in [0.717, 1.165) is 29.8 Å². The number of fused-ring (bicyclic) bond motifs is 1. The van der Waals surface area contributed by atoms with Crippen LogP contribution >= 0.6 is 0 Å². The summed E-state index contributed by atoms with van der Waals surface area (Å²) in [5, 5.41) is 8.57. The third-order valence-electron chi connectivity index (χ3n) is 3.00. The second-order valence-corrected chi connectivity index (χ2v) is 4.02. The number of pyridine rings is 1. The molecule has 4 nitrogen and oxygen atoms in total. The van der Waals surface area contributed by atoms with Crippen molar-refractivity contribution < 1.29 is 0 Å². The molecule has 0 atom stereocenters. The minimum atomic E-state index is 1.07. The van der Waals surface area contributed by atoms with Gasteiger partial charge in [0.1, 0.15) is 0 Å². The van der Waals surface area contributed by atoms with Crippen molar-refractivity contribution in [2.45, 2.75) is 19.3 Å². The first-order chi connectivity index (χ1) is 7.45. The van der Waals surface area contributed by atoms with E-state index in [4.69, 9.17) is 0 Å². The number of nitrogens with one attached hydrogen (secondary N) is 1. The Bertz CT molecular complexity index is 456. The van der Waals surface area contributed by atoms with Crippen molar-refractivity contribution in [2.75, 3.05) is 18.0 Å². The fourth-order valence-corrected chi connectivity index (χ4v) is 2.19. The Morgan fingerprint density at radius 1 is 1.20 bits per heavy atom. The van der Waals surface area contributed by atoms with E-state index in [1.54, 1.807) is 6.20 Å². The maximum absolute atomic E-state index is 4.38. The molecule has 0 saturated carbocycles. The first kappa shape index (κ1) is 8.71. The third kappa shape index (κ3) is 1.46. The minimum absolute atomic E-state index is 1.07. The summed E-state index contributed by atoms with van der Waals surface area (Å²) in [5.74, 6) is 1.07. The van der Waals surface area contributed by atoms with Gasteiger partial charge < -0.3 is 4.90 Å². The van der Waals surface area contributed by atoms with Crippen LogP contribution in [-0.2, 0) is 0 Å². The van der Waals surface area contributed by atoms with Crippen molar-refractivity contribution in [3.8, 4) is 0 Å². The standard InChI is InChI=1S/C11H14N4/c1-2-6-15(7-3-1)11-9-8-12-5-4-10(9)13-14-11/h4-5,8H,1-3,6-7H2,(H,13,14). The molecule has 2 aromatic heterocycles. The zero-order valence-electron chi connectivity index (χ0n) is 8.61. The number of piperidine rings is 1. The lowest BCUT2D eigenvalue weighted by molar-refractivity contribution is 0.574. The summed E-state index contributed by atoms with van der Waals surface area (Å²) >= 11 is 0. The topological polar surface area (TPSA) is 44.8 Å². The molecule has 2 aromatic rings. The molecule has 0 aliphatic carbocycles. The summed E-state index contributed by atoms with van der Waals surface area (Å²) in [6, 6.07) is 1.97. The predicted molar refractivity (Wildman–Crippen MR) is 60.0 cm³/mol. The lowest BCUT2D eigenvalue weighted by Gasteiger charge is -2.26. The number of anilines is 1. The second-order valence-electron chi connectivity index (χ2n) is 4.02. The van der Waals surface area contributed by atoms with Crippen molar-refractivity contribution in [1.82, 2.24) is 15.2 Å². The first-order valence-electron chi connectivity index (χ1n) is 5.48. The monoisotopic (exact) mass is 202 g/mol. The molecule has 3 rings (SSSR count). The molecule has 1 aliphatic rings. The zero-order valence-corrected chi connectivity index (χ0v) is 8.61. The molecule has 15 heavy (non-hydrogen) atoms. The van der Waals surface area contributed by atoms with Crippen LogP contribution in [0, 0.1) is 0 Å². The second kappa shape index (κ2) is 3.53. The number of hydrogen-bond donors (Lipinski definition) is 1. The highest BCUT2D eigenvalue weighted by Gasteiger charge is 2.15. The average molecular weight is 202 g/mol. The van der Waals surface area contributed by atoms with E-state index in [0.29, 0.717) is 0 Å². The Labute approximate surface area is 88.3 Å². The van der Waals surface area contributed by atoms with Crippen LogP contribution in [0.25, 0.3) is 10.9 Å². The molecule has 1 saturated heterocycles. The summed E-state index contributed by atoms with van der Waals surface area (Å²) < 4.78 is 0. The molecule has 0 aromatic carbocycles. The van der Waals surface area contributed by atoms with Crippen LogP contribution in [0.3, 0.4) is 0 Å². The molecule has 0 bridgehead atoms. The molecule has 0 unspecified atom stereocenters. The lowest BCUT2D eigenvalue weighted by atomic mass is 10.1. The van der Waals surface area contributed by atoms with Crippen LogP contribution < -0.4 is 4.90 Å². The highest BCUT2D eigenvalue weighted by atomic mass is 15.3. The van der Waals surface area contributed by atoms with Gasteiger partial charge in [0.15, 0.2) is 5.82 Å². The Morgan fingerprint density at radius 3 is 2.93 bits per heavy atom. The largest absolute Gasteiger partial charge is 0.355 e. The average Bonchev–Trinajstić information content (AvgIpc) is 2.74. The quantitative estimate of drug-likeness (QED) is 0.768. The summed E-state index contributed by atoms with van der Waals surface area (Å²) in [6.07, 6.45) is 7.57. The summed E-state index contributed by atoms with van der Waals surface area (Å²) in [5.41, 5.74) is 1.07. The van der Waals surface area contributed by atoms with Crippen LogP contribution in [0.1, 0.15) is 19.3 Å². The molecule has 78 valence electrons. The van der Waals surface area contributed by atoms with Crippen LogP contribution in [0.4, 0.5) is 5.82 Å². The van der Waals surface area contributed by atoms with Crippen LogP contribution in [-0.4, -0.2) is 28.3 Å². The molecule has 0 amide bonds. The molecule has 0 radical (unpaired) electrons. The maximum Gasteiger partial charge on any atom is 0.159 e. The number of H-pyrrole nitrogens is 1. The molecule has 1 aliphatic heterocycles. The van der Waals surface area contributed by atoms with Crippen LogP contribution in [0.15, 0.2) is 18.5 Å². The van der Waals surface area contributed by atoms with Crippen molar-refractivity contribution >= 4 is 16.7 Å². The van der Waals surface area contributed by atoms with Gasteiger partial charge in [0.2, 0.25) is 0 Å². The highest BCUT2D eigenvalue weighted by molar-refractivity contribution is 5.89. The van der Waals surface area contributed by atoms with Gasteiger partial charge in [-0.05, 0) is 25.3 Å². The molecule has 1 fully saturated rings. The number of hydrogen-bond acceptors (Lipinski definition) is 3. The number of aromatic amines is 1. The van der Waals surface area contributed by atoms with Gasteiger partial charge in [0.25, 0.3) is 0 Å². The van der Waals surface area contributed by atoms with E-state index in [-0.39, 0.29) is 0 Å². The SMILES string of the molecule is c1cc2[nH]nc(N3CCCCC3)c2cn1. The molecule has 4 heteroatoms. The van der Waals surface area contributed by atoms with Crippen molar-refractivity contribution in [3.05, 3.63) is 18.5 Å². The highest BCUT2D eigenvalue weighted by Crippen LogP contribution is 2.25. The Morgan fingerprint density at radius 2 is 2.07 bits per heavy atom. The van der Waals surface area contributed by atoms with Gasteiger partial charge in [0.05, 0.1) is 10.9 Å². The summed E-state index contributed by atoms with van der Waals surface area (Å²) in [4.78, 5) is 6.51. The molecule has 0 spiro atoms. The maximum atomic E-state index is 4.38. The van der Waals surface area contributed by atoms with E-state index in [1.807, 2.05) is 12.3 Å². The van der Waals surface area contributed by atoms with Gasteiger partial charge in [-0.3, -0.25) is 10.1 Å². The fourth-order valence-electron chi connectivity index (χ4n) is 2.19. The number of nitrogens with zero attached hydrogens (tertiary/aromatic N) is 3. The summed E-state index contributed by atoms with van der Waals surface area (Å²) in [6.45, 7) is 2.24. The minimum Gasteiger partial charge on any atom is -0.355 e. The van der Waals surface area contributed by atoms with E-state index in [1.165, 1.54) is 19.3 Å². The zero-order chi connectivity index (χ0) is 10.1. The van der Waals surface area contributed by atoms with Gasteiger partial charge in [-0.2, -0.15) is 5.10 Å². The van der Waals surface area contributed by atoms with E-state index in [9.17, 15) is 0 Å². The first-order valence-corrected chi connectivity index (χ1v) is 5.48. The Hall–Kier alpha value is -1.58. The van der Waals surface area contributed by atoms with Gasteiger partial charge in [0, 0.05) is 25.5 Å². The fraction of sp³-hybridized carbons (Fsp3) is 0.455. The number of rotatable bonds is 1. The van der Waals surface area contributed by atoms with Gasteiger partial charge in [-0.25, -0.2) is 0 Å². The third-order valence-corrected chi connectivity index (χ3v) is 3.00. The van der Waals surface area contributed by atoms with Gasteiger partial charge in [-0.15, -0.1) is 0 Å². The molecular formula is C11H14N4. The van der Waals surface area contributed by atoms with Crippen molar-refractivity contribution in [1.29, 1.82) is 0 Å². The Kier molecular flexibility index (Phi) is 2.05. The van der Waals surface area contributed by atoms with Gasteiger partial charge >= 0.3 is 0 Å². The predicted octanol–water partition coefficient (Wildman–Crippen LogP) is 1.95. The van der Waals surface area contributed by atoms with E-state index >= 15 is 0 Å². The Balaban J connectivity index is 2.02. The van der Waals surface area contributed by atoms with E-state index < -0.39 is 0 Å². The molecule has 1 N–H and O–H groups in total. The van der Waals surface area contributed by atoms with E-state index in [2.05, 4.69) is 20.1 Å². The van der Waals surface area contributed by atoms with Crippen LogP contribution in [0.5, 0.6) is 0 Å². The van der Waals surface area contributed by atoms with Crippen molar-refractivity contribution in [2.24, 2.45) is 0 Å². The smallest absolute Gasteiger partial charge is 0.159 e. The molecular weight excluding hydrogens is 188 g/mol. The number of aromatic nitrogens is 3. The lowest BCUT2D eigenvalue weighted by Crippen LogP contribution is -2.29. The summed E-state index contributed by atoms with van der Waals surface area (Å²) in [7, 11) is 0. The van der Waals surface area contributed by atoms with Gasteiger partial charge in [-0.1, -0.05) is 0 Å². The normalized spacial score (nSPS) is 17.2. The molecule has 3 heterocycles.